The number of primary amides is 1. The maximum atomic E-state index is 12.3. The summed E-state index contributed by atoms with van der Waals surface area (Å²) in [6.45, 7) is 1.94. The van der Waals surface area contributed by atoms with E-state index in [0.717, 1.165) is 16.5 Å². The van der Waals surface area contributed by atoms with E-state index < -0.39 is 12.4 Å². The number of halogens is 3. The number of fused-ring (bicyclic) bond motifs is 1. The van der Waals surface area contributed by atoms with Gasteiger partial charge in [0.25, 0.3) is 0 Å². The average molecular weight is 375 g/mol. The summed E-state index contributed by atoms with van der Waals surface area (Å²) in [4.78, 5) is 17.6. The Morgan fingerprint density at radius 3 is 2.52 bits per heavy atom. The molecule has 2 aromatic carbocycles. The summed E-state index contributed by atoms with van der Waals surface area (Å²) in [5.41, 5.74) is 7.54. The molecule has 0 saturated carbocycles. The number of amides is 2. The van der Waals surface area contributed by atoms with Gasteiger partial charge in [0.15, 0.2) is 0 Å². The van der Waals surface area contributed by atoms with E-state index in [1.165, 1.54) is 29.2 Å². The number of urea groups is 1. The fourth-order valence-corrected chi connectivity index (χ4v) is 2.75. The number of nitrogens with two attached hydrogens (primary N) is 1. The zero-order chi connectivity index (χ0) is 19.6. The zero-order valence-electron chi connectivity index (χ0n) is 14.3. The van der Waals surface area contributed by atoms with Gasteiger partial charge < -0.3 is 10.5 Å². The summed E-state index contributed by atoms with van der Waals surface area (Å²) < 4.78 is 40.6. The Morgan fingerprint density at radius 2 is 1.89 bits per heavy atom. The maximum Gasteiger partial charge on any atom is 0.573 e. The summed E-state index contributed by atoms with van der Waals surface area (Å²) in [6.07, 6.45) is -3.05. The topological polar surface area (TPSA) is 68.5 Å². The maximum absolute atomic E-state index is 12.3. The SMILES string of the molecule is Cc1cc2c(N(Cc3ccc(OC(F)(F)F)cc3)C(N)=O)cccc2cn1. The standard InChI is InChI=1S/C19H16F3N3O2/c1-12-9-16-14(10-24-12)3-2-4-17(16)25(18(23)26)11-13-5-7-15(8-6-13)27-19(20,21)22/h2-10H,11H2,1H3,(H2,23,26). The predicted octanol–water partition coefficient (Wildman–Crippen LogP) is 4.53. The molecule has 0 saturated heterocycles. The van der Waals surface area contributed by atoms with Crippen molar-refractivity contribution in [3.05, 3.63) is 66.0 Å². The number of carbonyl (C=O) groups is 1. The van der Waals surface area contributed by atoms with Gasteiger partial charge >= 0.3 is 12.4 Å². The Morgan fingerprint density at radius 1 is 1.19 bits per heavy atom. The van der Waals surface area contributed by atoms with E-state index in [2.05, 4.69) is 9.72 Å². The first-order valence-corrected chi connectivity index (χ1v) is 8.00. The van der Waals surface area contributed by atoms with E-state index in [1.807, 2.05) is 19.1 Å². The molecule has 0 aliphatic rings. The molecule has 0 bridgehead atoms. The van der Waals surface area contributed by atoms with E-state index in [9.17, 15) is 18.0 Å². The minimum absolute atomic E-state index is 0.0993. The summed E-state index contributed by atoms with van der Waals surface area (Å²) in [5.74, 6) is -0.330. The van der Waals surface area contributed by atoms with Crippen molar-refractivity contribution in [1.82, 2.24) is 4.98 Å². The van der Waals surface area contributed by atoms with Crippen molar-refractivity contribution in [1.29, 1.82) is 0 Å². The Bertz CT molecular complexity index is 972. The molecular weight excluding hydrogens is 359 g/mol. The fourth-order valence-electron chi connectivity index (χ4n) is 2.75. The second-order valence-corrected chi connectivity index (χ2v) is 5.94. The number of hydrogen-bond donors (Lipinski definition) is 1. The van der Waals surface area contributed by atoms with Crippen LogP contribution in [0.5, 0.6) is 5.75 Å². The number of aromatic nitrogens is 1. The number of rotatable bonds is 4. The van der Waals surface area contributed by atoms with Crippen LogP contribution in [0.25, 0.3) is 10.8 Å². The molecule has 3 aromatic rings. The highest BCUT2D eigenvalue weighted by Crippen LogP contribution is 2.29. The van der Waals surface area contributed by atoms with Crippen molar-refractivity contribution in [2.45, 2.75) is 19.8 Å². The van der Waals surface area contributed by atoms with Crippen LogP contribution in [0.2, 0.25) is 0 Å². The number of hydrogen-bond acceptors (Lipinski definition) is 3. The Balaban J connectivity index is 1.92. The minimum atomic E-state index is -4.75. The summed E-state index contributed by atoms with van der Waals surface area (Å²) >= 11 is 0. The molecule has 2 N–H and O–H groups in total. The number of anilines is 1. The van der Waals surface area contributed by atoms with E-state index in [0.29, 0.717) is 11.3 Å². The number of carbonyl (C=O) groups excluding carboxylic acids is 1. The highest BCUT2D eigenvalue weighted by atomic mass is 19.4. The molecule has 0 aliphatic carbocycles. The lowest BCUT2D eigenvalue weighted by atomic mass is 10.1. The third kappa shape index (κ3) is 4.46. The molecule has 1 heterocycles. The van der Waals surface area contributed by atoms with Crippen LogP contribution in [0.1, 0.15) is 11.3 Å². The van der Waals surface area contributed by atoms with Gasteiger partial charge in [-0.25, -0.2) is 4.79 Å². The van der Waals surface area contributed by atoms with Crippen LogP contribution in [0.3, 0.4) is 0 Å². The Labute approximate surface area is 153 Å². The smallest absolute Gasteiger partial charge is 0.406 e. The number of benzene rings is 2. The Kier molecular flexibility index (Phi) is 4.89. The predicted molar refractivity (Wildman–Crippen MR) is 95.4 cm³/mol. The lowest BCUT2D eigenvalue weighted by molar-refractivity contribution is -0.274. The molecule has 5 nitrogen and oxygen atoms in total. The monoisotopic (exact) mass is 375 g/mol. The van der Waals surface area contributed by atoms with Crippen LogP contribution in [0, 0.1) is 6.92 Å². The molecule has 27 heavy (non-hydrogen) atoms. The van der Waals surface area contributed by atoms with Gasteiger partial charge in [-0.15, -0.1) is 13.2 Å². The van der Waals surface area contributed by atoms with Gasteiger partial charge in [-0.05, 0) is 36.8 Å². The first-order valence-electron chi connectivity index (χ1n) is 8.00. The second-order valence-electron chi connectivity index (χ2n) is 5.94. The van der Waals surface area contributed by atoms with Gasteiger partial charge in [0.1, 0.15) is 5.75 Å². The molecule has 8 heteroatoms. The first kappa shape index (κ1) is 18.5. The molecule has 0 unspecified atom stereocenters. The molecular formula is C19H16F3N3O2. The van der Waals surface area contributed by atoms with Gasteiger partial charge in [-0.3, -0.25) is 9.88 Å². The van der Waals surface area contributed by atoms with Crippen LogP contribution < -0.4 is 15.4 Å². The average Bonchev–Trinajstić information content (AvgIpc) is 2.59. The van der Waals surface area contributed by atoms with Crippen LogP contribution in [-0.4, -0.2) is 17.4 Å². The lowest BCUT2D eigenvalue weighted by Gasteiger charge is -2.22. The van der Waals surface area contributed by atoms with Gasteiger partial charge in [0.05, 0.1) is 12.2 Å². The van der Waals surface area contributed by atoms with Crippen LogP contribution in [0.4, 0.5) is 23.7 Å². The van der Waals surface area contributed by atoms with Crippen LogP contribution >= 0.6 is 0 Å². The van der Waals surface area contributed by atoms with E-state index in [-0.39, 0.29) is 12.3 Å². The first-order chi connectivity index (χ1) is 12.7. The minimum Gasteiger partial charge on any atom is -0.406 e. The Hall–Kier alpha value is -3.29. The van der Waals surface area contributed by atoms with Crippen molar-refractivity contribution >= 4 is 22.5 Å². The van der Waals surface area contributed by atoms with Gasteiger partial charge in [0, 0.05) is 22.7 Å². The molecule has 0 radical (unpaired) electrons. The van der Waals surface area contributed by atoms with E-state index in [1.54, 1.807) is 18.3 Å². The van der Waals surface area contributed by atoms with Crippen molar-refractivity contribution in [2.24, 2.45) is 5.73 Å². The fraction of sp³-hybridized carbons (Fsp3) is 0.158. The molecule has 0 fully saturated rings. The quantitative estimate of drug-likeness (QED) is 0.729. The van der Waals surface area contributed by atoms with Crippen molar-refractivity contribution in [2.75, 3.05) is 4.90 Å². The molecule has 0 aliphatic heterocycles. The van der Waals surface area contributed by atoms with E-state index >= 15 is 0 Å². The van der Waals surface area contributed by atoms with Gasteiger partial charge in [-0.2, -0.15) is 0 Å². The van der Waals surface area contributed by atoms with Gasteiger partial charge in [-0.1, -0.05) is 24.3 Å². The zero-order valence-corrected chi connectivity index (χ0v) is 14.3. The second kappa shape index (κ2) is 7.14. The van der Waals surface area contributed by atoms with Crippen molar-refractivity contribution in [3.63, 3.8) is 0 Å². The number of nitrogens with zero attached hydrogens (tertiary/aromatic N) is 2. The van der Waals surface area contributed by atoms with E-state index in [4.69, 9.17) is 5.73 Å². The third-order valence-corrected chi connectivity index (χ3v) is 3.93. The molecule has 1 aromatic heterocycles. The molecule has 0 atom stereocenters. The third-order valence-electron chi connectivity index (χ3n) is 3.93. The molecule has 2 amide bonds. The molecule has 3 rings (SSSR count). The number of aryl methyl sites for hydroxylation is 1. The van der Waals surface area contributed by atoms with Crippen LogP contribution in [0.15, 0.2) is 54.7 Å². The molecule has 0 spiro atoms. The largest absolute Gasteiger partial charge is 0.573 e. The van der Waals surface area contributed by atoms with Gasteiger partial charge in [0.2, 0.25) is 0 Å². The summed E-state index contributed by atoms with van der Waals surface area (Å²) in [6, 6.07) is 11.9. The molecule has 140 valence electrons. The highest BCUT2D eigenvalue weighted by molar-refractivity contribution is 6.02. The van der Waals surface area contributed by atoms with Crippen LogP contribution in [-0.2, 0) is 6.54 Å². The summed E-state index contributed by atoms with van der Waals surface area (Å²) in [5, 5.41) is 1.65. The summed E-state index contributed by atoms with van der Waals surface area (Å²) in [7, 11) is 0. The lowest BCUT2D eigenvalue weighted by Crippen LogP contribution is -2.35. The number of pyridine rings is 1. The number of ether oxygens (including phenoxy) is 1. The van der Waals surface area contributed by atoms with Crippen molar-refractivity contribution in [3.8, 4) is 5.75 Å². The van der Waals surface area contributed by atoms with Crippen molar-refractivity contribution < 1.29 is 22.7 Å². The number of alkyl halides is 3. The normalized spacial score (nSPS) is 11.4. The highest BCUT2D eigenvalue weighted by Gasteiger charge is 2.31.